The first-order valence-corrected chi connectivity index (χ1v) is 5.33. The van der Waals surface area contributed by atoms with Crippen LogP contribution in [0.5, 0.6) is 0 Å². The number of aryl methyl sites for hydroxylation is 2. The van der Waals surface area contributed by atoms with Crippen LogP contribution in [0.25, 0.3) is 0 Å². The van der Waals surface area contributed by atoms with Gasteiger partial charge in [0.05, 0.1) is 12.2 Å². The van der Waals surface area contributed by atoms with E-state index < -0.39 is 0 Å². The highest BCUT2D eigenvalue weighted by Gasteiger charge is 2.19. The van der Waals surface area contributed by atoms with Crippen molar-refractivity contribution in [3.63, 3.8) is 0 Å². The Bertz CT molecular complexity index is 382. The molecule has 0 aliphatic rings. The minimum absolute atomic E-state index is 0.00786. The minimum atomic E-state index is -0.101. The molecule has 90 valence electrons. The number of hydrogen-bond acceptors (Lipinski definition) is 3. The maximum absolute atomic E-state index is 12.0. The molecule has 0 saturated heterocycles. The van der Waals surface area contributed by atoms with Gasteiger partial charge in [0.25, 0.3) is 5.91 Å². The van der Waals surface area contributed by atoms with Crippen LogP contribution < -0.4 is 5.32 Å². The Morgan fingerprint density at radius 2 is 2.00 bits per heavy atom. The van der Waals surface area contributed by atoms with Gasteiger partial charge in [-0.25, -0.2) is 0 Å². The average Bonchev–Trinajstić information content (AvgIpc) is 2.41. The highest BCUT2D eigenvalue weighted by atomic mass is 16.5. The quantitative estimate of drug-likeness (QED) is 0.852. The normalized spacial score (nSPS) is 12.6. The first kappa shape index (κ1) is 12.8. The topological polar surface area (TPSA) is 51.5 Å². The lowest BCUT2D eigenvalue weighted by Crippen LogP contribution is -2.36. The lowest BCUT2D eigenvalue weighted by molar-refractivity contribution is 0.0903. The molecule has 1 aromatic rings. The van der Waals surface area contributed by atoms with Gasteiger partial charge in [0.2, 0.25) is 0 Å². The van der Waals surface area contributed by atoms with E-state index in [1.54, 1.807) is 14.0 Å². The number of nitrogens with one attached hydrogen (secondary N) is 1. The standard InChI is InChI=1S/C12H19NO3/c1-7(6-15-5)13-12(14)11-8(2)9(3)16-10(11)4/h7H,6H2,1-5H3,(H,13,14)/t7-/m0/s1. The van der Waals surface area contributed by atoms with Crippen LogP contribution >= 0.6 is 0 Å². The lowest BCUT2D eigenvalue weighted by Gasteiger charge is -2.12. The first-order valence-electron chi connectivity index (χ1n) is 5.33. The molecule has 0 aliphatic heterocycles. The Kier molecular flexibility index (Phi) is 4.12. The zero-order valence-electron chi connectivity index (χ0n) is 10.5. The van der Waals surface area contributed by atoms with E-state index in [-0.39, 0.29) is 11.9 Å². The molecule has 4 heteroatoms. The fraction of sp³-hybridized carbons (Fsp3) is 0.583. The molecule has 0 spiro atoms. The number of hydrogen-bond donors (Lipinski definition) is 1. The van der Waals surface area contributed by atoms with Gasteiger partial charge in [-0.2, -0.15) is 0 Å². The summed E-state index contributed by atoms with van der Waals surface area (Å²) in [6, 6.07) is -0.00786. The van der Waals surface area contributed by atoms with Crippen LogP contribution in [0.4, 0.5) is 0 Å². The van der Waals surface area contributed by atoms with E-state index in [1.165, 1.54) is 0 Å². The van der Waals surface area contributed by atoms with Crippen LogP contribution in [-0.4, -0.2) is 25.7 Å². The number of carbonyl (C=O) groups is 1. The molecule has 1 rings (SSSR count). The molecule has 1 N–H and O–H groups in total. The molecular formula is C12H19NO3. The number of carbonyl (C=O) groups excluding carboxylic acids is 1. The van der Waals surface area contributed by atoms with Gasteiger partial charge in [0, 0.05) is 18.7 Å². The van der Waals surface area contributed by atoms with Crippen LogP contribution in [0.2, 0.25) is 0 Å². The van der Waals surface area contributed by atoms with E-state index in [2.05, 4.69) is 5.32 Å². The van der Waals surface area contributed by atoms with E-state index in [0.29, 0.717) is 17.9 Å². The summed E-state index contributed by atoms with van der Waals surface area (Å²) in [7, 11) is 1.61. The van der Waals surface area contributed by atoms with Crippen LogP contribution in [0.15, 0.2) is 4.42 Å². The molecule has 4 nitrogen and oxygen atoms in total. The van der Waals surface area contributed by atoms with E-state index in [1.807, 2.05) is 20.8 Å². The van der Waals surface area contributed by atoms with Crippen molar-refractivity contribution in [2.75, 3.05) is 13.7 Å². The third-order valence-electron chi connectivity index (χ3n) is 2.58. The summed E-state index contributed by atoms with van der Waals surface area (Å²) in [6.45, 7) is 7.95. The largest absolute Gasteiger partial charge is 0.466 e. The number of amides is 1. The number of ether oxygens (including phenoxy) is 1. The second-order valence-corrected chi connectivity index (χ2v) is 4.04. The summed E-state index contributed by atoms with van der Waals surface area (Å²) >= 11 is 0. The zero-order valence-corrected chi connectivity index (χ0v) is 10.5. The van der Waals surface area contributed by atoms with Gasteiger partial charge in [0.1, 0.15) is 11.5 Å². The molecule has 0 unspecified atom stereocenters. The van der Waals surface area contributed by atoms with Crippen molar-refractivity contribution in [3.05, 3.63) is 22.6 Å². The van der Waals surface area contributed by atoms with Crippen molar-refractivity contribution >= 4 is 5.91 Å². The number of methoxy groups -OCH3 is 1. The number of rotatable bonds is 4. The van der Waals surface area contributed by atoms with Gasteiger partial charge >= 0.3 is 0 Å². The van der Waals surface area contributed by atoms with Crippen LogP contribution in [0.1, 0.15) is 34.4 Å². The third kappa shape index (κ3) is 2.64. The molecule has 0 aromatic carbocycles. The van der Waals surface area contributed by atoms with Gasteiger partial charge in [-0.3, -0.25) is 4.79 Å². The Labute approximate surface area is 96.0 Å². The molecule has 0 fully saturated rings. The van der Waals surface area contributed by atoms with Crippen LogP contribution in [0.3, 0.4) is 0 Å². The third-order valence-corrected chi connectivity index (χ3v) is 2.58. The Hall–Kier alpha value is -1.29. The SMILES string of the molecule is COC[C@H](C)NC(=O)c1c(C)oc(C)c1C. The highest BCUT2D eigenvalue weighted by molar-refractivity contribution is 5.97. The maximum Gasteiger partial charge on any atom is 0.255 e. The molecule has 1 atom stereocenters. The van der Waals surface area contributed by atoms with Crippen molar-refractivity contribution in [2.45, 2.75) is 33.7 Å². The second-order valence-electron chi connectivity index (χ2n) is 4.04. The van der Waals surface area contributed by atoms with Gasteiger partial charge < -0.3 is 14.5 Å². The fourth-order valence-electron chi connectivity index (χ4n) is 1.72. The van der Waals surface area contributed by atoms with E-state index in [9.17, 15) is 4.79 Å². The van der Waals surface area contributed by atoms with Gasteiger partial charge in [-0.05, 0) is 27.7 Å². The maximum atomic E-state index is 12.0. The van der Waals surface area contributed by atoms with Crippen LogP contribution in [-0.2, 0) is 4.74 Å². The molecule has 0 aliphatic carbocycles. The molecule has 0 bridgehead atoms. The Balaban J connectivity index is 2.80. The molecule has 1 amide bonds. The van der Waals surface area contributed by atoms with Gasteiger partial charge in [-0.15, -0.1) is 0 Å². The van der Waals surface area contributed by atoms with Crippen molar-refractivity contribution < 1.29 is 13.9 Å². The monoisotopic (exact) mass is 225 g/mol. The number of furan rings is 1. The summed E-state index contributed by atoms with van der Waals surface area (Å²) in [5.74, 6) is 1.36. The van der Waals surface area contributed by atoms with E-state index in [4.69, 9.17) is 9.15 Å². The molecule has 16 heavy (non-hydrogen) atoms. The average molecular weight is 225 g/mol. The Morgan fingerprint density at radius 1 is 1.38 bits per heavy atom. The van der Waals surface area contributed by atoms with E-state index in [0.717, 1.165) is 11.3 Å². The molecule has 1 heterocycles. The van der Waals surface area contributed by atoms with Crippen LogP contribution in [0, 0.1) is 20.8 Å². The van der Waals surface area contributed by atoms with Gasteiger partial charge in [-0.1, -0.05) is 0 Å². The molecule has 0 saturated carbocycles. The summed E-state index contributed by atoms with van der Waals surface area (Å²) < 4.78 is 10.4. The molecular weight excluding hydrogens is 206 g/mol. The first-order chi connectivity index (χ1) is 7.47. The Morgan fingerprint density at radius 3 is 2.44 bits per heavy atom. The summed E-state index contributed by atoms with van der Waals surface area (Å²) in [5, 5.41) is 2.87. The summed E-state index contributed by atoms with van der Waals surface area (Å²) in [5.41, 5.74) is 1.54. The van der Waals surface area contributed by atoms with Gasteiger partial charge in [0.15, 0.2) is 0 Å². The lowest BCUT2D eigenvalue weighted by atomic mass is 10.1. The van der Waals surface area contributed by atoms with Crippen molar-refractivity contribution in [2.24, 2.45) is 0 Å². The molecule has 0 radical (unpaired) electrons. The van der Waals surface area contributed by atoms with Crippen molar-refractivity contribution in [1.82, 2.24) is 5.32 Å². The fourth-order valence-corrected chi connectivity index (χ4v) is 1.72. The minimum Gasteiger partial charge on any atom is -0.466 e. The second kappa shape index (κ2) is 5.16. The zero-order chi connectivity index (χ0) is 12.3. The predicted octanol–water partition coefficient (Wildman–Crippen LogP) is 1.97. The highest BCUT2D eigenvalue weighted by Crippen LogP contribution is 2.20. The summed E-state index contributed by atoms with van der Waals surface area (Å²) in [6.07, 6.45) is 0. The smallest absolute Gasteiger partial charge is 0.255 e. The molecule has 1 aromatic heterocycles. The van der Waals surface area contributed by atoms with Crippen molar-refractivity contribution in [3.8, 4) is 0 Å². The summed E-state index contributed by atoms with van der Waals surface area (Å²) in [4.78, 5) is 12.0. The predicted molar refractivity (Wildman–Crippen MR) is 61.7 cm³/mol. The van der Waals surface area contributed by atoms with E-state index >= 15 is 0 Å². The van der Waals surface area contributed by atoms with Crippen molar-refractivity contribution in [1.29, 1.82) is 0 Å².